The zero-order chi connectivity index (χ0) is 11.4. The Morgan fingerprint density at radius 2 is 2.31 bits per heavy atom. The molecule has 1 heterocycles. The lowest BCUT2D eigenvalue weighted by Crippen LogP contribution is -2.27. The minimum absolute atomic E-state index is 0.710. The average molecular weight is 223 g/mol. The number of rotatable bonds is 5. The number of nitrogens with zero attached hydrogens (tertiary/aromatic N) is 4. The van der Waals surface area contributed by atoms with Gasteiger partial charge in [0.25, 0.3) is 0 Å². The normalized spacial score (nSPS) is 25.1. The largest absolute Gasteiger partial charge is 0.314 e. The number of aromatic nitrogens is 4. The SMILES string of the molecule is CCCNC1CCC(Cc2nnn(C)n2)C1. The Balaban J connectivity index is 1.76. The van der Waals surface area contributed by atoms with Crippen LogP contribution in [0, 0.1) is 5.92 Å². The third-order valence-electron chi connectivity index (χ3n) is 3.25. The summed E-state index contributed by atoms with van der Waals surface area (Å²) >= 11 is 0. The summed E-state index contributed by atoms with van der Waals surface area (Å²) in [4.78, 5) is 1.54. The third-order valence-corrected chi connectivity index (χ3v) is 3.25. The molecule has 1 saturated carbocycles. The minimum Gasteiger partial charge on any atom is -0.314 e. The Labute approximate surface area is 96.6 Å². The van der Waals surface area contributed by atoms with Crippen LogP contribution in [0.15, 0.2) is 0 Å². The first-order valence-electron chi connectivity index (χ1n) is 6.24. The summed E-state index contributed by atoms with van der Waals surface area (Å²) in [5.41, 5.74) is 0. The summed E-state index contributed by atoms with van der Waals surface area (Å²) in [6.07, 6.45) is 6.05. The first kappa shape index (κ1) is 11.5. The lowest BCUT2D eigenvalue weighted by atomic mass is 10.0. The van der Waals surface area contributed by atoms with Gasteiger partial charge in [0.2, 0.25) is 0 Å². The highest BCUT2D eigenvalue weighted by Gasteiger charge is 2.25. The molecule has 1 aromatic heterocycles. The Hall–Kier alpha value is -0.970. The Bertz CT molecular complexity index is 322. The topological polar surface area (TPSA) is 55.6 Å². The molecule has 2 rings (SSSR count). The van der Waals surface area contributed by atoms with E-state index in [9.17, 15) is 0 Å². The highest BCUT2D eigenvalue weighted by Crippen LogP contribution is 2.27. The molecule has 1 aliphatic rings. The standard InChI is InChI=1S/C11H21N5/c1-3-6-12-10-5-4-9(7-10)8-11-13-15-16(2)14-11/h9-10,12H,3-8H2,1-2H3. The predicted molar refractivity (Wildman–Crippen MR) is 61.9 cm³/mol. The van der Waals surface area contributed by atoms with Gasteiger partial charge in [0.15, 0.2) is 5.82 Å². The van der Waals surface area contributed by atoms with Crippen molar-refractivity contribution in [1.29, 1.82) is 0 Å². The van der Waals surface area contributed by atoms with E-state index >= 15 is 0 Å². The summed E-state index contributed by atoms with van der Waals surface area (Å²) in [6, 6.07) is 0.710. The van der Waals surface area contributed by atoms with Gasteiger partial charge in [-0.3, -0.25) is 0 Å². The quantitative estimate of drug-likeness (QED) is 0.806. The zero-order valence-electron chi connectivity index (χ0n) is 10.2. The molecule has 2 atom stereocenters. The van der Waals surface area contributed by atoms with Crippen LogP contribution in [0.5, 0.6) is 0 Å². The fourth-order valence-electron chi connectivity index (χ4n) is 2.46. The molecule has 0 amide bonds. The van der Waals surface area contributed by atoms with Gasteiger partial charge in [-0.25, -0.2) is 0 Å². The summed E-state index contributed by atoms with van der Waals surface area (Å²) in [6.45, 7) is 3.35. The first-order chi connectivity index (χ1) is 7.78. The third kappa shape index (κ3) is 3.01. The molecule has 0 aromatic carbocycles. The molecule has 0 aliphatic heterocycles. The maximum atomic E-state index is 4.24. The van der Waals surface area contributed by atoms with Gasteiger partial charge in [0, 0.05) is 12.5 Å². The van der Waals surface area contributed by atoms with Gasteiger partial charge in [-0.1, -0.05) is 6.92 Å². The van der Waals surface area contributed by atoms with Crippen LogP contribution >= 0.6 is 0 Å². The van der Waals surface area contributed by atoms with Gasteiger partial charge >= 0.3 is 0 Å². The molecule has 0 bridgehead atoms. The van der Waals surface area contributed by atoms with Gasteiger partial charge in [-0.15, -0.1) is 10.2 Å². The molecule has 1 fully saturated rings. The fourth-order valence-corrected chi connectivity index (χ4v) is 2.46. The number of nitrogens with one attached hydrogen (secondary N) is 1. The average Bonchev–Trinajstić information content (AvgIpc) is 2.86. The van der Waals surface area contributed by atoms with Crippen molar-refractivity contribution in [1.82, 2.24) is 25.5 Å². The number of aryl methyl sites for hydroxylation is 1. The monoisotopic (exact) mass is 223 g/mol. The van der Waals surface area contributed by atoms with Crippen molar-refractivity contribution in [3.8, 4) is 0 Å². The molecule has 2 unspecified atom stereocenters. The molecule has 5 nitrogen and oxygen atoms in total. The van der Waals surface area contributed by atoms with Gasteiger partial charge < -0.3 is 5.32 Å². The maximum Gasteiger partial charge on any atom is 0.175 e. The molecular weight excluding hydrogens is 202 g/mol. The van der Waals surface area contributed by atoms with Crippen LogP contribution in [0.25, 0.3) is 0 Å². The highest BCUT2D eigenvalue weighted by atomic mass is 15.6. The van der Waals surface area contributed by atoms with Gasteiger partial charge in [0.05, 0.1) is 7.05 Å². The first-order valence-corrected chi connectivity index (χ1v) is 6.24. The Morgan fingerprint density at radius 1 is 1.44 bits per heavy atom. The lowest BCUT2D eigenvalue weighted by molar-refractivity contribution is 0.477. The molecule has 1 N–H and O–H groups in total. The molecule has 1 aromatic rings. The van der Waals surface area contributed by atoms with Gasteiger partial charge in [-0.05, 0) is 43.4 Å². The van der Waals surface area contributed by atoms with Crippen molar-refractivity contribution in [2.24, 2.45) is 13.0 Å². The van der Waals surface area contributed by atoms with E-state index in [4.69, 9.17) is 0 Å². The van der Waals surface area contributed by atoms with E-state index in [0.29, 0.717) is 6.04 Å². The Kier molecular flexibility index (Phi) is 3.88. The van der Waals surface area contributed by atoms with Crippen molar-refractivity contribution in [3.05, 3.63) is 5.82 Å². The maximum absolute atomic E-state index is 4.24. The Morgan fingerprint density at radius 3 is 3.00 bits per heavy atom. The molecule has 5 heteroatoms. The van der Waals surface area contributed by atoms with Crippen molar-refractivity contribution in [2.75, 3.05) is 6.54 Å². The van der Waals surface area contributed by atoms with Crippen molar-refractivity contribution >= 4 is 0 Å². The number of hydrogen-bond donors (Lipinski definition) is 1. The van der Waals surface area contributed by atoms with E-state index in [0.717, 1.165) is 24.7 Å². The predicted octanol–water partition coefficient (Wildman–Crippen LogP) is 0.921. The van der Waals surface area contributed by atoms with Crippen molar-refractivity contribution in [3.63, 3.8) is 0 Å². The van der Waals surface area contributed by atoms with E-state index < -0.39 is 0 Å². The minimum atomic E-state index is 0.710. The summed E-state index contributed by atoms with van der Waals surface area (Å²) < 4.78 is 0. The summed E-state index contributed by atoms with van der Waals surface area (Å²) in [7, 11) is 1.82. The summed E-state index contributed by atoms with van der Waals surface area (Å²) in [5, 5.41) is 15.7. The van der Waals surface area contributed by atoms with Crippen molar-refractivity contribution in [2.45, 2.75) is 45.1 Å². The van der Waals surface area contributed by atoms with Crippen LogP contribution < -0.4 is 5.32 Å². The van der Waals surface area contributed by atoms with E-state index in [1.807, 2.05) is 7.05 Å². The lowest BCUT2D eigenvalue weighted by Gasteiger charge is -2.11. The molecular formula is C11H21N5. The molecule has 0 saturated heterocycles. The van der Waals surface area contributed by atoms with E-state index in [2.05, 4.69) is 27.7 Å². The smallest absolute Gasteiger partial charge is 0.175 e. The second-order valence-electron chi connectivity index (χ2n) is 4.73. The van der Waals surface area contributed by atoms with Crippen LogP contribution in [0.3, 0.4) is 0 Å². The highest BCUT2D eigenvalue weighted by molar-refractivity contribution is 4.88. The van der Waals surface area contributed by atoms with Crippen LogP contribution in [-0.2, 0) is 13.5 Å². The molecule has 1 aliphatic carbocycles. The van der Waals surface area contributed by atoms with Gasteiger partial charge in [0.1, 0.15) is 0 Å². The molecule has 90 valence electrons. The van der Waals surface area contributed by atoms with E-state index in [1.54, 1.807) is 0 Å². The van der Waals surface area contributed by atoms with E-state index in [-0.39, 0.29) is 0 Å². The molecule has 0 radical (unpaired) electrons. The van der Waals surface area contributed by atoms with Crippen LogP contribution in [0.1, 0.15) is 38.4 Å². The van der Waals surface area contributed by atoms with Crippen LogP contribution in [0.2, 0.25) is 0 Å². The zero-order valence-corrected chi connectivity index (χ0v) is 10.2. The number of hydrogen-bond acceptors (Lipinski definition) is 4. The van der Waals surface area contributed by atoms with E-state index in [1.165, 1.54) is 30.5 Å². The fraction of sp³-hybridized carbons (Fsp3) is 0.909. The second kappa shape index (κ2) is 5.39. The van der Waals surface area contributed by atoms with Crippen molar-refractivity contribution < 1.29 is 0 Å². The van der Waals surface area contributed by atoms with Gasteiger partial charge in [-0.2, -0.15) is 4.80 Å². The second-order valence-corrected chi connectivity index (χ2v) is 4.73. The number of tetrazole rings is 1. The van der Waals surface area contributed by atoms with Crippen LogP contribution in [-0.4, -0.2) is 32.8 Å². The molecule has 0 spiro atoms. The summed E-state index contributed by atoms with van der Waals surface area (Å²) in [5.74, 6) is 1.63. The van der Waals surface area contributed by atoms with Crippen LogP contribution in [0.4, 0.5) is 0 Å². The molecule has 16 heavy (non-hydrogen) atoms.